The van der Waals surface area contributed by atoms with Crippen LogP contribution in [-0.2, 0) is 14.1 Å². The Balaban J connectivity index is 1.29. The Labute approximate surface area is 270 Å². The maximum atomic E-state index is 13.9. The molecule has 1 aromatic heterocycles. The molecule has 2 amide bonds. The van der Waals surface area contributed by atoms with E-state index in [9.17, 15) is 19.7 Å². The zero-order valence-corrected chi connectivity index (χ0v) is 27.3. The summed E-state index contributed by atoms with van der Waals surface area (Å²) in [6.45, 7) is 11.1. The van der Waals surface area contributed by atoms with E-state index in [0.29, 0.717) is 30.2 Å². The number of benzene rings is 1. The number of guanidine groups is 1. The first kappa shape index (κ1) is 33.5. The standard InChI is InChI=1S/C32H46BN7O6/c1-20(2)17-27(33-45-26-19-22-18-25(31(22,3)4)32(26,5)46-33)37-29(42)24(9-8-14-35-30(34)38-40(43)44)36-28(41)21-10-12-23(13-11-21)39-15-6-7-16-39/h6-7,10-13,15-16,20,22,24-27H,8-9,14,17-19H2,1-5H3,(H,36,41)(H,37,42)(H3,34,35,38)/t22-,24+,25-,26-,27+,32+/m1/s1. The summed E-state index contributed by atoms with van der Waals surface area (Å²) < 4.78 is 15.2. The summed E-state index contributed by atoms with van der Waals surface area (Å²) in [5, 5.41) is 15.9. The number of nitrogens with one attached hydrogen (secondary N) is 3. The average Bonchev–Trinajstić information content (AvgIpc) is 3.65. The van der Waals surface area contributed by atoms with Gasteiger partial charge < -0.3 is 30.2 Å². The zero-order valence-electron chi connectivity index (χ0n) is 27.3. The molecule has 6 atom stereocenters. The fraction of sp³-hybridized carbons (Fsp3) is 0.594. The van der Waals surface area contributed by atoms with Gasteiger partial charge >= 0.3 is 7.12 Å². The Bertz CT molecular complexity index is 1430. The highest BCUT2D eigenvalue weighted by molar-refractivity contribution is 6.48. The van der Waals surface area contributed by atoms with Crippen molar-refractivity contribution in [2.75, 3.05) is 6.54 Å². The second-order valence-corrected chi connectivity index (χ2v) is 14.0. The van der Waals surface area contributed by atoms with Gasteiger partial charge in [-0.3, -0.25) is 9.59 Å². The zero-order chi connectivity index (χ0) is 33.2. The summed E-state index contributed by atoms with van der Waals surface area (Å²) in [5.74, 6) is -0.277. The van der Waals surface area contributed by atoms with Crippen molar-refractivity contribution in [1.29, 1.82) is 0 Å². The molecule has 4 aliphatic rings. The number of hydrazine groups is 1. The SMILES string of the molecule is CC(C)C[C@H](NC(=O)[C@H](CCCN=C(N)N[N+](=O)[O-])NC(=O)c1ccc(-n2cccc2)cc1)B1O[C@@H]2C[C@H]3C[C@H](C3(C)C)[C@]2(C)O1. The second kappa shape index (κ2) is 13.4. The van der Waals surface area contributed by atoms with Crippen molar-refractivity contribution in [3.05, 3.63) is 64.5 Å². The number of rotatable bonds is 13. The molecule has 2 bridgehead atoms. The van der Waals surface area contributed by atoms with E-state index in [1.54, 1.807) is 17.6 Å². The lowest BCUT2D eigenvalue weighted by molar-refractivity contribution is -0.525. The van der Waals surface area contributed by atoms with Gasteiger partial charge in [-0.15, -0.1) is 0 Å². The number of aromatic nitrogens is 1. The van der Waals surface area contributed by atoms with Gasteiger partial charge in [0.15, 0.2) is 5.03 Å². The lowest BCUT2D eigenvalue weighted by atomic mass is 9.43. The fourth-order valence-electron chi connectivity index (χ4n) is 7.53. The van der Waals surface area contributed by atoms with Gasteiger partial charge in [-0.2, -0.15) is 0 Å². The smallest absolute Gasteiger partial charge is 0.404 e. The number of nitrogens with zero attached hydrogens (tertiary/aromatic N) is 3. The molecule has 1 aromatic carbocycles. The molecular weight excluding hydrogens is 589 g/mol. The molecule has 0 unspecified atom stereocenters. The van der Waals surface area contributed by atoms with Gasteiger partial charge in [0.1, 0.15) is 6.04 Å². The molecule has 5 N–H and O–H groups in total. The van der Waals surface area contributed by atoms with E-state index in [2.05, 4.69) is 50.2 Å². The molecule has 2 heterocycles. The predicted octanol–water partition coefficient (Wildman–Crippen LogP) is 3.25. The molecule has 3 aliphatic carbocycles. The van der Waals surface area contributed by atoms with Gasteiger partial charge in [0.05, 0.1) is 17.6 Å². The first-order valence-electron chi connectivity index (χ1n) is 16.2. The van der Waals surface area contributed by atoms with Crippen molar-refractivity contribution >= 4 is 24.9 Å². The van der Waals surface area contributed by atoms with Gasteiger partial charge in [0.2, 0.25) is 5.91 Å². The lowest BCUT2D eigenvalue weighted by Crippen LogP contribution is -2.65. The second-order valence-electron chi connectivity index (χ2n) is 14.0. The van der Waals surface area contributed by atoms with Crippen molar-refractivity contribution in [3.8, 4) is 5.69 Å². The highest BCUT2D eigenvalue weighted by Crippen LogP contribution is 2.65. The largest absolute Gasteiger partial charge is 0.481 e. The first-order valence-corrected chi connectivity index (χ1v) is 16.2. The predicted molar refractivity (Wildman–Crippen MR) is 174 cm³/mol. The van der Waals surface area contributed by atoms with Crippen LogP contribution in [0.4, 0.5) is 0 Å². The average molecular weight is 636 g/mol. The van der Waals surface area contributed by atoms with E-state index in [4.69, 9.17) is 15.0 Å². The third-order valence-electron chi connectivity index (χ3n) is 10.1. The van der Waals surface area contributed by atoms with Gasteiger partial charge in [-0.1, -0.05) is 33.1 Å². The van der Waals surface area contributed by atoms with Gasteiger partial charge in [-0.05, 0) is 98.6 Å². The number of carbonyl (C=O) groups is 2. The molecule has 3 saturated carbocycles. The van der Waals surface area contributed by atoms with Gasteiger partial charge in [0, 0.05) is 30.2 Å². The molecule has 13 nitrogen and oxygen atoms in total. The van der Waals surface area contributed by atoms with Crippen molar-refractivity contribution in [1.82, 2.24) is 20.6 Å². The summed E-state index contributed by atoms with van der Waals surface area (Å²) in [7, 11) is -0.605. The Morgan fingerprint density at radius 3 is 2.48 bits per heavy atom. The number of hydrogen-bond donors (Lipinski definition) is 4. The summed E-state index contributed by atoms with van der Waals surface area (Å²) in [4.78, 5) is 41.9. The van der Waals surface area contributed by atoms with E-state index < -0.39 is 35.6 Å². The fourth-order valence-corrected chi connectivity index (χ4v) is 7.53. The summed E-state index contributed by atoms with van der Waals surface area (Å²) in [6, 6.07) is 10.0. The Morgan fingerprint density at radius 1 is 1.15 bits per heavy atom. The minimum absolute atomic E-state index is 0.0260. The van der Waals surface area contributed by atoms with Crippen LogP contribution in [0.2, 0.25) is 0 Å². The molecule has 1 saturated heterocycles. The summed E-state index contributed by atoms with van der Waals surface area (Å²) >= 11 is 0. The van der Waals surface area contributed by atoms with Crippen LogP contribution in [0.25, 0.3) is 5.69 Å². The maximum Gasteiger partial charge on any atom is 0.481 e. The van der Waals surface area contributed by atoms with Crippen LogP contribution in [0, 0.1) is 33.3 Å². The van der Waals surface area contributed by atoms with Crippen molar-refractivity contribution in [3.63, 3.8) is 0 Å². The quantitative estimate of drug-likeness (QED) is 0.0648. The third kappa shape index (κ3) is 7.07. The first-order chi connectivity index (χ1) is 21.8. The molecule has 6 rings (SSSR count). The Morgan fingerprint density at radius 2 is 1.85 bits per heavy atom. The highest BCUT2D eigenvalue weighted by atomic mass is 16.7. The van der Waals surface area contributed by atoms with Crippen LogP contribution in [0.5, 0.6) is 0 Å². The molecule has 1 aliphatic heterocycles. The van der Waals surface area contributed by atoms with Crippen LogP contribution in [0.1, 0.15) is 77.1 Å². The molecule has 46 heavy (non-hydrogen) atoms. The van der Waals surface area contributed by atoms with Gasteiger partial charge in [0.25, 0.3) is 11.9 Å². The number of carbonyl (C=O) groups excluding carboxylic acids is 2. The van der Waals surface area contributed by atoms with Gasteiger partial charge in [-0.25, -0.2) is 15.1 Å². The summed E-state index contributed by atoms with van der Waals surface area (Å²) in [5.41, 5.74) is 8.43. The topological polar surface area (TPSA) is 175 Å². The number of aliphatic imine (C=N–C) groups is 1. The van der Waals surface area contributed by atoms with E-state index >= 15 is 0 Å². The van der Waals surface area contributed by atoms with E-state index in [1.165, 1.54) is 0 Å². The lowest BCUT2D eigenvalue weighted by Gasteiger charge is -2.64. The van der Waals surface area contributed by atoms with Crippen molar-refractivity contribution in [2.24, 2.45) is 33.9 Å². The molecule has 4 fully saturated rings. The molecule has 0 radical (unpaired) electrons. The number of amides is 2. The van der Waals surface area contributed by atoms with Crippen molar-refractivity contribution in [2.45, 2.75) is 90.4 Å². The highest BCUT2D eigenvalue weighted by Gasteiger charge is 2.68. The minimum Gasteiger partial charge on any atom is -0.404 e. The van der Waals surface area contributed by atoms with E-state index in [0.717, 1.165) is 18.5 Å². The maximum absolute atomic E-state index is 13.9. The van der Waals surface area contributed by atoms with Crippen LogP contribution >= 0.6 is 0 Å². The number of nitro groups is 1. The monoisotopic (exact) mass is 635 g/mol. The minimum atomic E-state index is -0.905. The Kier molecular flexibility index (Phi) is 9.78. The van der Waals surface area contributed by atoms with Crippen LogP contribution in [-0.4, -0.2) is 64.7 Å². The molecule has 14 heteroatoms. The molecule has 248 valence electrons. The van der Waals surface area contributed by atoms with Crippen molar-refractivity contribution < 1.29 is 23.9 Å². The normalized spacial score (nSPS) is 26.1. The summed E-state index contributed by atoms with van der Waals surface area (Å²) in [6.07, 6.45) is 7.07. The molecular formula is C32H46BN7O6. The third-order valence-corrected chi connectivity index (χ3v) is 10.1. The molecule has 2 aromatic rings. The van der Waals surface area contributed by atoms with Crippen LogP contribution < -0.4 is 21.8 Å². The molecule has 0 spiro atoms. The van der Waals surface area contributed by atoms with Crippen LogP contribution in [0.15, 0.2) is 53.8 Å². The van der Waals surface area contributed by atoms with E-state index in [1.807, 2.05) is 41.2 Å². The number of nitrogens with two attached hydrogens (primary N) is 1. The van der Waals surface area contributed by atoms with E-state index in [-0.39, 0.29) is 42.3 Å². The Hall–Kier alpha value is -3.91. The van der Waals surface area contributed by atoms with Crippen LogP contribution in [0.3, 0.4) is 0 Å². The number of hydrogen-bond acceptors (Lipinski definition) is 7.